The highest BCUT2D eigenvalue weighted by atomic mass is 15.4. The van der Waals surface area contributed by atoms with Gasteiger partial charge in [-0.3, -0.25) is 0 Å². The fourth-order valence-electron chi connectivity index (χ4n) is 1.69. The van der Waals surface area contributed by atoms with Crippen molar-refractivity contribution in [3.63, 3.8) is 0 Å². The van der Waals surface area contributed by atoms with Gasteiger partial charge in [-0.1, -0.05) is 13.8 Å². The van der Waals surface area contributed by atoms with E-state index in [1.54, 1.807) is 11.7 Å². The zero-order chi connectivity index (χ0) is 14.7. The van der Waals surface area contributed by atoms with Gasteiger partial charge < -0.3 is 10.2 Å². The molecule has 0 aliphatic heterocycles. The van der Waals surface area contributed by atoms with E-state index in [2.05, 4.69) is 30.4 Å². The van der Waals surface area contributed by atoms with Crippen molar-refractivity contribution < 1.29 is 0 Å². The molecular formula is C12H20N8. The summed E-state index contributed by atoms with van der Waals surface area (Å²) in [5.41, 5.74) is 0. The first-order valence-corrected chi connectivity index (χ1v) is 6.65. The van der Waals surface area contributed by atoms with Crippen LogP contribution in [0.1, 0.15) is 25.5 Å². The maximum atomic E-state index is 4.47. The maximum absolute atomic E-state index is 4.47. The lowest BCUT2D eigenvalue weighted by atomic mass is 10.4. The van der Waals surface area contributed by atoms with E-state index in [1.165, 1.54) is 0 Å². The van der Waals surface area contributed by atoms with Crippen molar-refractivity contribution in [2.45, 2.75) is 26.7 Å². The molecule has 0 bridgehead atoms. The van der Waals surface area contributed by atoms with Gasteiger partial charge in [-0.15, -0.1) is 5.10 Å². The average Bonchev–Trinajstić information content (AvgIpc) is 2.90. The second-order valence-electron chi connectivity index (χ2n) is 4.47. The maximum Gasteiger partial charge on any atom is 0.258 e. The minimum absolute atomic E-state index is 0.483. The molecule has 108 valence electrons. The highest BCUT2D eigenvalue weighted by Gasteiger charge is 2.14. The van der Waals surface area contributed by atoms with Crippen LogP contribution in [0.2, 0.25) is 0 Å². The molecule has 0 aliphatic carbocycles. The molecule has 0 unspecified atom stereocenters. The van der Waals surface area contributed by atoms with E-state index in [0.717, 1.165) is 24.5 Å². The number of rotatable bonds is 5. The summed E-state index contributed by atoms with van der Waals surface area (Å²) in [4.78, 5) is 19.4. The Labute approximate surface area is 118 Å². The van der Waals surface area contributed by atoms with Gasteiger partial charge in [0.15, 0.2) is 5.82 Å². The summed E-state index contributed by atoms with van der Waals surface area (Å²) >= 11 is 0. The molecule has 20 heavy (non-hydrogen) atoms. The van der Waals surface area contributed by atoms with Crippen LogP contribution >= 0.6 is 0 Å². The van der Waals surface area contributed by atoms with E-state index < -0.39 is 0 Å². The van der Waals surface area contributed by atoms with Crippen molar-refractivity contribution in [1.29, 1.82) is 0 Å². The first kappa shape index (κ1) is 14.2. The van der Waals surface area contributed by atoms with Crippen LogP contribution in [0.5, 0.6) is 0 Å². The van der Waals surface area contributed by atoms with Gasteiger partial charge in [0.05, 0.1) is 0 Å². The predicted octanol–water partition coefficient (Wildman–Crippen LogP) is 0.685. The summed E-state index contributed by atoms with van der Waals surface area (Å²) < 4.78 is 1.69. The standard InChI is InChI=1S/C12H20N8/c1-6-8-14-9(7-2)20(18-8)12-16-10(13-3)15-11(17-12)19(4)5/h6-7H2,1-5H3,(H,13,15,16,17). The van der Waals surface area contributed by atoms with Gasteiger partial charge in [0, 0.05) is 34.0 Å². The summed E-state index contributed by atoms with van der Waals surface area (Å²) in [5.74, 6) is 3.21. The molecule has 0 fully saturated rings. The number of aryl methyl sites for hydroxylation is 2. The average molecular weight is 276 g/mol. The molecule has 8 heteroatoms. The highest BCUT2D eigenvalue weighted by molar-refractivity contribution is 5.38. The summed E-state index contributed by atoms with van der Waals surface area (Å²) in [6.45, 7) is 4.06. The number of aromatic nitrogens is 6. The second kappa shape index (κ2) is 5.81. The Bertz CT molecular complexity index is 589. The molecule has 0 aliphatic rings. The number of nitrogens with zero attached hydrogens (tertiary/aromatic N) is 7. The lowest BCUT2D eigenvalue weighted by Gasteiger charge is -2.12. The van der Waals surface area contributed by atoms with Crippen molar-refractivity contribution >= 4 is 11.9 Å². The Kier molecular flexibility index (Phi) is 4.11. The van der Waals surface area contributed by atoms with Crippen LogP contribution in [0.4, 0.5) is 11.9 Å². The lowest BCUT2D eigenvalue weighted by molar-refractivity contribution is 0.734. The predicted molar refractivity (Wildman–Crippen MR) is 77.4 cm³/mol. The molecule has 0 atom stereocenters. The van der Waals surface area contributed by atoms with E-state index >= 15 is 0 Å². The van der Waals surface area contributed by atoms with Crippen LogP contribution < -0.4 is 10.2 Å². The third-order valence-corrected chi connectivity index (χ3v) is 2.78. The summed E-state index contributed by atoms with van der Waals surface area (Å²) in [6.07, 6.45) is 1.55. The Morgan fingerprint density at radius 1 is 1.05 bits per heavy atom. The van der Waals surface area contributed by atoms with Crippen molar-refractivity contribution in [1.82, 2.24) is 29.7 Å². The number of hydrogen-bond donors (Lipinski definition) is 1. The SMILES string of the molecule is CCc1nc(CC)n(-c2nc(NC)nc(N(C)C)n2)n1. The zero-order valence-corrected chi connectivity index (χ0v) is 12.5. The van der Waals surface area contributed by atoms with E-state index in [-0.39, 0.29) is 0 Å². The van der Waals surface area contributed by atoms with Gasteiger partial charge in [0.1, 0.15) is 5.82 Å². The van der Waals surface area contributed by atoms with Gasteiger partial charge in [-0.05, 0) is 0 Å². The van der Waals surface area contributed by atoms with Gasteiger partial charge in [0.2, 0.25) is 11.9 Å². The molecule has 8 nitrogen and oxygen atoms in total. The Balaban J connectivity index is 2.56. The second-order valence-corrected chi connectivity index (χ2v) is 4.47. The van der Waals surface area contributed by atoms with E-state index in [0.29, 0.717) is 17.8 Å². The molecule has 2 aromatic heterocycles. The van der Waals surface area contributed by atoms with Crippen LogP contribution in [-0.4, -0.2) is 50.9 Å². The molecule has 2 aromatic rings. The first-order chi connectivity index (χ1) is 9.58. The van der Waals surface area contributed by atoms with Crippen LogP contribution in [0.15, 0.2) is 0 Å². The van der Waals surface area contributed by atoms with Crippen LogP contribution in [0.25, 0.3) is 5.95 Å². The van der Waals surface area contributed by atoms with Crippen LogP contribution in [0.3, 0.4) is 0 Å². The summed E-state index contributed by atoms with van der Waals surface area (Å²) in [6, 6.07) is 0. The molecular weight excluding hydrogens is 256 g/mol. The number of nitrogens with one attached hydrogen (secondary N) is 1. The lowest BCUT2D eigenvalue weighted by Crippen LogP contribution is -2.18. The van der Waals surface area contributed by atoms with Crippen LogP contribution in [0, 0.1) is 0 Å². The quantitative estimate of drug-likeness (QED) is 0.859. The molecule has 2 rings (SSSR count). The molecule has 2 heterocycles. The highest BCUT2D eigenvalue weighted by Crippen LogP contribution is 2.13. The summed E-state index contributed by atoms with van der Waals surface area (Å²) in [7, 11) is 5.55. The van der Waals surface area contributed by atoms with E-state index in [1.807, 2.05) is 32.8 Å². The minimum Gasteiger partial charge on any atom is -0.357 e. The topological polar surface area (TPSA) is 84.7 Å². The van der Waals surface area contributed by atoms with Gasteiger partial charge in [-0.2, -0.15) is 19.6 Å². The molecule has 1 N–H and O–H groups in total. The molecule has 0 saturated heterocycles. The number of hydrogen-bond acceptors (Lipinski definition) is 7. The Morgan fingerprint density at radius 2 is 1.80 bits per heavy atom. The third-order valence-electron chi connectivity index (χ3n) is 2.78. The smallest absolute Gasteiger partial charge is 0.258 e. The van der Waals surface area contributed by atoms with Crippen molar-refractivity contribution in [3.8, 4) is 5.95 Å². The molecule has 0 saturated carbocycles. The first-order valence-electron chi connectivity index (χ1n) is 6.65. The van der Waals surface area contributed by atoms with Gasteiger partial charge in [0.25, 0.3) is 5.95 Å². The molecule has 0 amide bonds. The van der Waals surface area contributed by atoms with E-state index in [4.69, 9.17) is 0 Å². The fourth-order valence-corrected chi connectivity index (χ4v) is 1.69. The Morgan fingerprint density at radius 3 is 2.35 bits per heavy atom. The minimum atomic E-state index is 0.483. The number of anilines is 2. The van der Waals surface area contributed by atoms with E-state index in [9.17, 15) is 0 Å². The third kappa shape index (κ3) is 2.68. The van der Waals surface area contributed by atoms with Crippen molar-refractivity contribution in [2.75, 3.05) is 31.4 Å². The van der Waals surface area contributed by atoms with Crippen molar-refractivity contribution in [2.24, 2.45) is 0 Å². The van der Waals surface area contributed by atoms with Gasteiger partial charge >= 0.3 is 0 Å². The van der Waals surface area contributed by atoms with Crippen molar-refractivity contribution in [3.05, 3.63) is 11.6 Å². The van der Waals surface area contributed by atoms with Crippen LogP contribution in [-0.2, 0) is 12.8 Å². The largest absolute Gasteiger partial charge is 0.357 e. The zero-order valence-electron chi connectivity index (χ0n) is 12.5. The monoisotopic (exact) mass is 276 g/mol. The Hall–Kier alpha value is -2.25. The molecule has 0 radical (unpaired) electrons. The van der Waals surface area contributed by atoms with Gasteiger partial charge in [-0.25, -0.2) is 4.98 Å². The molecule has 0 spiro atoms. The molecule has 0 aromatic carbocycles. The summed E-state index contributed by atoms with van der Waals surface area (Å²) in [5, 5.41) is 7.39. The normalized spacial score (nSPS) is 10.7. The fraction of sp³-hybridized carbons (Fsp3) is 0.583.